The molecule has 1 atom stereocenters. The molecule has 0 aromatic heterocycles. The lowest BCUT2D eigenvalue weighted by molar-refractivity contribution is -0.131. The fourth-order valence-electron chi connectivity index (χ4n) is 0.636. The van der Waals surface area contributed by atoms with E-state index in [2.05, 4.69) is 0 Å². The quantitative estimate of drug-likeness (QED) is 0.496. The van der Waals surface area contributed by atoms with Crippen LogP contribution >= 0.6 is 0 Å². The summed E-state index contributed by atoms with van der Waals surface area (Å²) in [4.78, 5) is 9.98. The SMILES string of the molecule is CCC(C=CC(=O)O)S(=O)(=O)O. The fourth-order valence-corrected chi connectivity index (χ4v) is 1.33. The van der Waals surface area contributed by atoms with E-state index in [1.165, 1.54) is 6.92 Å². The molecule has 6 heteroatoms. The second kappa shape index (κ2) is 4.22. The van der Waals surface area contributed by atoms with Crippen molar-refractivity contribution in [3.8, 4) is 0 Å². The Morgan fingerprint density at radius 1 is 1.58 bits per heavy atom. The molecule has 2 N–H and O–H groups in total. The van der Waals surface area contributed by atoms with Gasteiger partial charge < -0.3 is 5.11 Å². The highest BCUT2D eigenvalue weighted by Crippen LogP contribution is 2.04. The number of rotatable bonds is 4. The monoisotopic (exact) mass is 194 g/mol. The molecule has 0 saturated carbocycles. The van der Waals surface area contributed by atoms with Gasteiger partial charge in [-0.3, -0.25) is 4.55 Å². The maximum absolute atomic E-state index is 10.5. The number of carboxylic acids is 1. The molecule has 0 aromatic rings. The van der Waals surface area contributed by atoms with Gasteiger partial charge in [0, 0.05) is 6.08 Å². The molecule has 0 aliphatic heterocycles. The summed E-state index contributed by atoms with van der Waals surface area (Å²) < 4.78 is 29.5. The predicted octanol–water partition coefficient (Wildman–Crippen LogP) is 0.294. The summed E-state index contributed by atoms with van der Waals surface area (Å²) in [7, 11) is -4.16. The second-order valence-electron chi connectivity index (χ2n) is 2.16. The van der Waals surface area contributed by atoms with Crippen LogP contribution in [0.15, 0.2) is 12.2 Å². The van der Waals surface area contributed by atoms with E-state index in [0.717, 1.165) is 6.08 Å². The van der Waals surface area contributed by atoms with Gasteiger partial charge in [0.1, 0.15) is 5.25 Å². The number of carboxylic acid groups (broad SMARTS) is 1. The molecular formula is C6H10O5S. The highest BCUT2D eigenvalue weighted by atomic mass is 32.2. The van der Waals surface area contributed by atoms with E-state index in [0.29, 0.717) is 6.08 Å². The molecule has 0 radical (unpaired) electrons. The molecule has 0 saturated heterocycles. The van der Waals surface area contributed by atoms with Crippen LogP contribution in [0.4, 0.5) is 0 Å². The summed E-state index contributed by atoms with van der Waals surface area (Å²) in [5.41, 5.74) is 0. The molecule has 0 heterocycles. The van der Waals surface area contributed by atoms with Gasteiger partial charge >= 0.3 is 5.97 Å². The molecule has 0 spiro atoms. The van der Waals surface area contributed by atoms with E-state index in [1.54, 1.807) is 0 Å². The van der Waals surface area contributed by atoms with E-state index in [4.69, 9.17) is 9.66 Å². The third kappa shape index (κ3) is 4.09. The molecule has 0 aliphatic carbocycles. The maximum atomic E-state index is 10.5. The van der Waals surface area contributed by atoms with Crippen molar-refractivity contribution in [2.45, 2.75) is 18.6 Å². The average Bonchev–Trinajstić information content (AvgIpc) is 1.85. The zero-order chi connectivity index (χ0) is 9.78. The van der Waals surface area contributed by atoms with Crippen LogP contribution < -0.4 is 0 Å². The third-order valence-corrected chi connectivity index (χ3v) is 2.49. The third-order valence-electron chi connectivity index (χ3n) is 1.24. The van der Waals surface area contributed by atoms with Gasteiger partial charge in [-0.25, -0.2) is 4.79 Å². The Balaban J connectivity index is 4.51. The van der Waals surface area contributed by atoms with Crippen molar-refractivity contribution in [3.63, 3.8) is 0 Å². The lowest BCUT2D eigenvalue weighted by atomic mass is 10.3. The molecular weight excluding hydrogens is 184 g/mol. The fraction of sp³-hybridized carbons (Fsp3) is 0.500. The Morgan fingerprint density at radius 3 is 2.33 bits per heavy atom. The Labute approximate surface area is 70.5 Å². The van der Waals surface area contributed by atoms with Crippen molar-refractivity contribution >= 4 is 16.1 Å². The zero-order valence-electron chi connectivity index (χ0n) is 6.47. The van der Waals surface area contributed by atoms with E-state index >= 15 is 0 Å². The van der Waals surface area contributed by atoms with E-state index < -0.39 is 21.3 Å². The van der Waals surface area contributed by atoms with Gasteiger partial charge in [0.05, 0.1) is 0 Å². The lowest BCUT2D eigenvalue weighted by Crippen LogP contribution is -2.17. The second-order valence-corrected chi connectivity index (χ2v) is 3.79. The van der Waals surface area contributed by atoms with Crippen molar-refractivity contribution < 1.29 is 22.9 Å². The highest BCUT2D eigenvalue weighted by Gasteiger charge is 2.17. The minimum atomic E-state index is -4.16. The first kappa shape index (κ1) is 11.1. The normalized spacial score (nSPS) is 14.8. The van der Waals surface area contributed by atoms with Crippen molar-refractivity contribution in [2.75, 3.05) is 0 Å². The summed E-state index contributed by atoms with van der Waals surface area (Å²) >= 11 is 0. The van der Waals surface area contributed by atoms with E-state index in [1.807, 2.05) is 0 Å². The van der Waals surface area contributed by atoms with Gasteiger partial charge in [0.15, 0.2) is 0 Å². The number of hydrogen-bond acceptors (Lipinski definition) is 3. The summed E-state index contributed by atoms with van der Waals surface area (Å²) in [6, 6.07) is 0. The summed E-state index contributed by atoms with van der Waals surface area (Å²) in [5, 5.41) is 7.03. The number of carbonyl (C=O) groups is 1. The van der Waals surface area contributed by atoms with Crippen LogP contribution in [0.5, 0.6) is 0 Å². The van der Waals surface area contributed by atoms with Crippen molar-refractivity contribution in [3.05, 3.63) is 12.2 Å². The van der Waals surface area contributed by atoms with Gasteiger partial charge in [0.25, 0.3) is 10.1 Å². The highest BCUT2D eigenvalue weighted by molar-refractivity contribution is 7.86. The van der Waals surface area contributed by atoms with Crippen molar-refractivity contribution in [2.24, 2.45) is 0 Å². The lowest BCUT2D eigenvalue weighted by Gasteiger charge is -2.03. The zero-order valence-corrected chi connectivity index (χ0v) is 7.28. The molecule has 70 valence electrons. The summed E-state index contributed by atoms with van der Waals surface area (Å²) in [6.45, 7) is 1.53. The molecule has 0 aliphatic rings. The minimum Gasteiger partial charge on any atom is -0.478 e. The standard InChI is InChI=1S/C6H10O5S/c1-2-5(12(9,10)11)3-4-6(7)8/h3-5H,2H2,1H3,(H,7,8)(H,9,10,11). The van der Waals surface area contributed by atoms with E-state index in [-0.39, 0.29) is 6.42 Å². The summed E-state index contributed by atoms with van der Waals surface area (Å²) in [5.74, 6) is -1.24. The first-order valence-electron chi connectivity index (χ1n) is 3.25. The van der Waals surface area contributed by atoms with Crippen LogP contribution in [0.1, 0.15) is 13.3 Å². The first-order chi connectivity index (χ1) is 5.38. The van der Waals surface area contributed by atoms with Crippen LogP contribution in [-0.4, -0.2) is 29.3 Å². The molecule has 0 bridgehead atoms. The number of hydrogen-bond donors (Lipinski definition) is 2. The number of aliphatic carboxylic acids is 1. The molecule has 0 aromatic carbocycles. The maximum Gasteiger partial charge on any atom is 0.328 e. The van der Waals surface area contributed by atoms with Crippen molar-refractivity contribution in [1.82, 2.24) is 0 Å². The topological polar surface area (TPSA) is 91.7 Å². The van der Waals surface area contributed by atoms with Gasteiger partial charge in [-0.2, -0.15) is 8.42 Å². The van der Waals surface area contributed by atoms with E-state index in [9.17, 15) is 13.2 Å². The van der Waals surface area contributed by atoms with Crippen LogP contribution in [0.25, 0.3) is 0 Å². The molecule has 0 fully saturated rings. The smallest absolute Gasteiger partial charge is 0.328 e. The Hall–Kier alpha value is -0.880. The van der Waals surface area contributed by atoms with Crippen LogP contribution in [-0.2, 0) is 14.9 Å². The summed E-state index contributed by atoms with van der Waals surface area (Å²) in [6.07, 6.45) is 1.78. The van der Waals surface area contributed by atoms with Crippen LogP contribution in [0.3, 0.4) is 0 Å². The molecule has 1 unspecified atom stereocenters. The Morgan fingerprint density at radius 2 is 2.08 bits per heavy atom. The Kier molecular flexibility index (Phi) is 3.91. The van der Waals surface area contributed by atoms with Gasteiger partial charge in [-0.1, -0.05) is 13.0 Å². The largest absolute Gasteiger partial charge is 0.478 e. The first-order valence-corrected chi connectivity index (χ1v) is 4.75. The van der Waals surface area contributed by atoms with Crippen LogP contribution in [0.2, 0.25) is 0 Å². The molecule has 0 rings (SSSR count). The minimum absolute atomic E-state index is 0.141. The Bertz CT molecular complexity index is 276. The van der Waals surface area contributed by atoms with Crippen molar-refractivity contribution in [1.29, 1.82) is 0 Å². The molecule has 5 nitrogen and oxygen atoms in total. The van der Waals surface area contributed by atoms with Gasteiger partial charge in [0.2, 0.25) is 0 Å². The average molecular weight is 194 g/mol. The molecule has 12 heavy (non-hydrogen) atoms. The van der Waals surface area contributed by atoms with Gasteiger partial charge in [-0.15, -0.1) is 0 Å². The van der Waals surface area contributed by atoms with Crippen LogP contribution in [0, 0.1) is 0 Å². The molecule has 0 amide bonds. The van der Waals surface area contributed by atoms with Gasteiger partial charge in [-0.05, 0) is 6.42 Å². The predicted molar refractivity (Wildman–Crippen MR) is 42.4 cm³/mol.